The summed E-state index contributed by atoms with van der Waals surface area (Å²) in [5.74, 6) is -2.60. The van der Waals surface area contributed by atoms with Crippen LogP contribution in [0.4, 0.5) is 9.18 Å². The highest BCUT2D eigenvalue weighted by Gasteiger charge is 2.65. The normalized spacial score (nSPS) is 31.1. The number of hydrogen-bond donors (Lipinski definition) is 2. The third-order valence-electron chi connectivity index (χ3n) is 3.51. The zero-order valence-electron chi connectivity index (χ0n) is 12.2. The molecule has 2 saturated heterocycles. The Morgan fingerprint density at radius 2 is 2.25 bits per heavy atom. The first-order chi connectivity index (χ1) is 11.3. The van der Waals surface area contributed by atoms with Gasteiger partial charge in [-0.1, -0.05) is 0 Å². The zero-order chi connectivity index (χ0) is 17.5. The lowest BCUT2D eigenvalue weighted by atomic mass is 10.1. The van der Waals surface area contributed by atoms with Gasteiger partial charge in [-0.15, -0.1) is 0 Å². The fraction of sp³-hybridized carbons (Fsp3) is 0.500. The Kier molecular flexibility index (Phi) is 4.01. The maximum atomic E-state index is 15.1. The van der Waals surface area contributed by atoms with E-state index in [-0.39, 0.29) is 5.17 Å². The van der Waals surface area contributed by atoms with Gasteiger partial charge in [0.25, 0.3) is 16.6 Å². The number of aromatic amines is 1. The van der Waals surface area contributed by atoms with Gasteiger partial charge in [-0.25, -0.2) is 14.0 Å². The number of ether oxygens (including phenoxy) is 4. The number of fused-ring (bicyclic) bond motifs is 1. The summed E-state index contributed by atoms with van der Waals surface area (Å²) in [5.41, 5.74) is -1.50. The van der Waals surface area contributed by atoms with Crippen molar-refractivity contribution >= 4 is 23.5 Å². The molecule has 2 N–H and O–H groups in total. The summed E-state index contributed by atoms with van der Waals surface area (Å²) in [5, 5.41) is 2.39. The van der Waals surface area contributed by atoms with E-state index < -0.39 is 48.3 Å². The van der Waals surface area contributed by atoms with Crippen LogP contribution < -0.4 is 16.6 Å². The molecule has 10 nitrogen and oxygen atoms in total. The minimum Gasteiger partial charge on any atom is -0.465 e. The molecule has 130 valence electrons. The van der Waals surface area contributed by atoms with Gasteiger partial charge in [-0.3, -0.25) is 14.3 Å². The third kappa shape index (κ3) is 2.73. The highest BCUT2D eigenvalue weighted by atomic mass is 32.1. The van der Waals surface area contributed by atoms with Crippen LogP contribution in [0.15, 0.2) is 21.9 Å². The molecule has 0 spiro atoms. The molecular weight excluding hydrogens is 349 g/mol. The van der Waals surface area contributed by atoms with Crippen molar-refractivity contribution in [3.05, 3.63) is 33.1 Å². The van der Waals surface area contributed by atoms with Gasteiger partial charge in [0.1, 0.15) is 0 Å². The summed E-state index contributed by atoms with van der Waals surface area (Å²) < 4.78 is 35.9. The maximum absolute atomic E-state index is 15.1. The van der Waals surface area contributed by atoms with Gasteiger partial charge in [0.05, 0.1) is 0 Å². The standard InChI is InChI=1S/C12H12FN3O7S/c1-14-10(24)20-4-12(13)7-6(21-11(19)22-7)8(23-12)16-3-2-5(17)15-9(16)18/h2-3,6-8H,4H2,1H3,(H,14,24)(H,15,17,18)/t6-,7+,8-,12-/m1/s1. The summed E-state index contributed by atoms with van der Waals surface area (Å²) >= 11 is 4.75. The second kappa shape index (κ2) is 5.87. The summed E-state index contributed by atoms with van der Waals surface area (Å²) in [6.07, 6.45) is -4.05. The molecule has 0 aromatic carbocycles. The molecule has 3 heterocycles. The lowest BCUT2D eigenvalue weighted by Crippen LogP contribution is -2.43. The minimum atomic E-state index is -2.60. The number of carbonyl (C=O) groups excluding carboxylic acids is 1. The summed E-state index contributed by atoms with van der Waals surface area (Å²) in [6, 6.07) is 1.04. The lowest BCUT2D eigenvalue weighted by molar-refractivity contribution is -0.208. The number of hydrogen-bond acceptors (Lipinski definition) is 8. The molecule has 0 amide bonds. The number of aromatic nitrogens is 2. The van der Waals surface area contributed by atoms with Gasteiger partial charge < -0.3 is 24.3 Å². The second-order valence-electron chi connectivity index (χ2n) is 5.01. The van der Waals surface area contributed by atoms with Crippen molar-refractivity contribution in [3.63, 3.8) is 0 Å². The van der Waals surface area contributed by atoms with E-state index >= 15 is 4.39 Å². The van der Waals surface area contributed by atoms with Gasteiger partial charge in [0, 0.05) is 19.3 Å². The van der Waals surface area contributed by atoms with Crippen LogP contribution in [0.5, 0.6) is 0 Å². The number of nitrogens with zero attached hydrogens (tertiary/aromatic N) is 1. The van der Waals surface area contributed by atoms with Crippen LogP contribution in [0.1, 0.15) is 6.23 Å². The van der Waals surface area contributed by atoms with Crippen molar-refractivity contribution < 1.29 is 28.1 Å². The predicted molar refractivity (Wildman–Crippen MR) is 78.0 cm³/mol. The van der Waals surface area contributed by atoms with E-state index in [0.717, 1.165) is 16.8 Å². The van der Waals surface area contributed by atoms with Crippen LogP contribution in [0.25, 0.3) is 0 Å². The molecule has 24 heavy (non-hydrogen) atoms. The SMILES string of the molecule is CNC(=S)OC[C@@]1(F)O[C@@H](n2ccc(=O)[nH]c2=O)[C@@H]2OC(=O)O[C@@H]21. The van der Waals surface area contributed by atoms with Crippen molar-refractivity contribution in [3.8, 4) is 0 Å². The van der Waals surface area contributed by atoms with Crippen molar-refractivity contribution in [2.45, 2.75) is 24.3 Å². The molecule has 2 aliphatic rings. The minimum absolute atomic E-state index is 0.0953. The molecule has 0 radical (unpaired) electrons. The molecular formula is C12H12FN3O7S. The Morgan fingerprint density at radius 1 is 1.50 bits per heavy atom. The summed E-state index contributed by atoms with van der Waals surface area (Å²) in [4.78, 5) is 36.4. The number of nitrogens with one attached hydrogen (secondary N) is 2. The van der Waals surface area contributed by atoms with Gasteiger partial charge in [-0.05, 0) is 12.2 Å². The Balaban J connectivity index is 1.91. The van der Waals surface area contributed by atoms with E-state index in [1.165, 1.54) is 7.05 Å². The lowest BCUT2D eigenvalue weighted by Gasteiger charge is -2.23. The monoisotopic (exact) mass is 361 g/mol. The van der Waals surface area contributed by atoms with Crippen molar-refractivity contribution in [2.24, 2.45) is 0 Å². The Morgan fingerprint density at radius 3 is 2.92 bits per heavy atom. The number of alkyl halides is 1. The van der Waals surface area contributed by atoms with Crippen molar-refractivity contribution in [2.75, 3.05) is 13.7 Å². The molecule has 0 bridgehead atoms. The van der Waals surface area contributed by atoms with Crippen molar-refractivity contribution in [1.82, 2.24) is 14.9 Å². The Labute approximate surface area is 138 Å². The topological polar surface area (TPSA) is 121 Å². The van der Waals surface area contributed by atoms with Crippen LogP contribution in [-0.4, -0.2) is 52.6 Å². The largest absolute Gasteiger partial charge is 0.509 e. The molecule has 1 aromatic heterocycles. The van der Waals surface area contributed by atoms with Crippen LogP contribution in [0.3, 0.4) is 0 Å². The van der Waals surface area contributed by atoms with Gasteiger partial charge in [-0.2, -0.15) is 0 Å². The third-order valence-corrected chi connectivity index (χ3v) is 3.83. The predicted octanol–water partition coefficient (Wildman–Crippen LogP) is -0.844. The highest BCUT2D eigenvalue weighted by molar-refractivity contribution is 7.80. The molecule has 0 aliphatic carbocycles. The quantitative estimate of drug-likeness (QED) is 0.524. The molecule has 4 atom stereocenters. The molecule has 2 fully saturated rings. The fourth-order valence-corrected chi connectivity index (χ4v) is 2.50. The van der Waals surface area contributed by atoms with E-state index in [1.54, 1.807) is 0 Å². The van der Waals surface area contributed by atoms with Crippen molar-refractivity contribution in [1.29, 1.82) is 0 Å². The Bertz CT molecular complexity index is 795. The summed E-state index contributed by atoms with van der Waals surface area (Å²) in [6.45, 7) is -0.695. The first-order valence-corrected chi connectivity index (χ1v) is 7.15. The number of thiocarbonyl (C=S) groups is 1. The molecule has 1 aromatic rings. The molecule has 2 aliphatic heterocycles. The van der Waals surface area contributed by atoms with Crippen LogP contribution in [0.2, 0.25) is 0 Å². The number of rotatable bonds is 3. The van der Waals surface area contributed by atoms with Crippen LogP contribution in [-0.2, 0) is 18.9 Å². The zero-order valence-corrected chi connectivity index (χ0v) is 13.0. The molecule has 0 saturated carbocycles. The molecule has 3 rings (SSSR count). The Hall–Kier alpha value is -2.47. The van der Waals surface area contributed by atoms with E-state index in [2.05, 4.69) is 5.32 Å². The number of H-pyrrole nitrogens is 1. The second-order valence-corrected chi connectivity index (χ2v) is 5.38. The van der Waals surface area contributed by atoms with Gasteiger partial charge >= 0.3 is 11.8 Å². The molecule has 0 unspecified atom stereocenters. The first kappa shape index (κ1) is 16.4. The molecule has 12 heteroatoms. The number of halogens is 1. The fourth-order valence-electron chi connectivity index (χ4n) is 2.44. The first-order valence-electron chi connectivity index (χ1n) is 6.74. The van der Waals surface area contributed by atoms with Gasteiger partial charge in [0.2, 0.25) is 6.10 Å². The highest BCUT2D eigenvalue weighted by Crippen LogP contribution is 2.44. The summed E-state index contributed by atoms with van der Waals surface area (Å²) in [7, 11) is 1.48. The van der Waals surface area contributed by atoms with E-state index in [0.29, 0.717) is 0 Å². The van der Waals surface area contributed by atoms with E-state index in [9.17, 15) is 14.4 Å². The van der Waals surface area contributed by atoms with E-state index in [1.807, 2.05) is 4.98 Å². The average Bonchev–Trinajstić information content (AvgIpc) is 3.03. The van der Waals surface area contributed by atoms with Crippen LogP contribution in [0, 0.1) is 0 Å². The average molecular weight is 361 g/mol. The maximum Gasteiger partial charge on any atom is 0.509 e. The number of carbonyl (C=O) groups is 1. The van der Waals surface area contributed by atoms with Crippen LogP contribution >= 0.6 is 12.2 Å². The van der Waals surface area contributed by atoms with Gasteiger partial charge in [0.15, 0.2) is 18.9 Å². The van der Waals surface area contributed by atoms with E-state index in [4.69, 9.17) is 31.2 Å². The smallest absolute Gasteiger partial charge is 0.465 e.